The van der Waals surface area contributed by atoms with Gasteiger partial charge in [0, 0.05) is 30.6 Å². The van der Waals surface area contributed by atoms with Crippen molar-refractivity contribution in [2.45, 2.75) is 20.0 Å². The Hall–Kier alpha value is -3.08. The minimum atomic E-state index is -0.374. The molecule has 0 bridgehead atoms. The van der Waals surface area contributed by atoms with Gasteiger partial charge in [-0.2, -0.15) is 0 Å². The molecule has 0 amide bonds. The Balaban J connectivity index is 1.78. The zero-order chi connectivity index (χ0) is 18.4. The fraction of sp³-hybridized carbons (Fsp3) is 0.238. The summed E-state index contributed by atoms with van der Waals surface area (Å²) in [4.78, 5) is 19.3. The monoisotopic (exact) mass is 350 g/mol. The number of hydrogen-bond acceptors (Lipinski definition) is 4. The summed E-state index contributed by atoms with van der Waals surface area (Å²) in [5.74, 6) is 0.411. The van der Waals surface area contributed by atoms with Crippen molar-refractivity contribution >= 4 is 22.6 Å². The molecule has 0 saturated carbocycles. The molecule has 1 aromatic heterocycles. The minimum Gasteiger partial charge on any atom is -0.489 e. The summed E-state index contributed by atoms with van der Waals surface area (Å²) in [5.41, 5.74) is 3.50. The van der Waals surface area contributed by atoms with Gasteiger partial charge in [-0.25, -0.2) is 4.79 Å². The van der Waals surface area contributed by atoms with Gasteiger partial charge in [0.15, 0.2) is 0 Å². The summed E-state index contributed by atoms with van der Waals surface area (Å²) >= 11 is 0. The molecule has 3 rings (SSSR count). The Kier molecular flexibility index (Phi) is 5.69. The number of aromatic nitrogens is 1. The molecular formula is C21H22N2O3. The van der Waals surface area contributed by atoms with Gasteiger partial charge >= 0.3 is 5.97 Å². The van der Waals surface area contributed by atoms with Crippen LogP contribution in [0, 0.1) is 0 Å². The van der Waals surface area contributed by atoms with E-state index in [2.05, 4.69) is 9.98 Å². The van der Waals surface area contributed by atoms with Crippen LogP contribution < -0.4 is 4.74 Å². The zero-order valence-electron chi connectivity index (χ0n) is 15.0. The van der Waals surface area contributed by atoms with Gasteiger partial charge in [-0.05, 0) is 36.2 Å². The summed E-state index contributed by atoms with van der Waals surface area (Å²) < 4.78 is 11.0. The lowest BCUT2D eigenvalue weighted by molar-refractivity contribution is -0.135. The molecule has 26 heavy (non-hydrogen) atoms. The SMILES string of the molecule is CCOC(=O)C(Cc1c[nH]c2ccc(OCc3ccccc3)cc12)=NC. The Morgan fingerprint density at radius 2 is 1.96 bits per heavy atom. The highest BCUT2D eigenvalue weighted by Gasteiger charge is 2.15. The van der Waals surface area contributed by atoms with E-state index < -0.39 is 0 Å². The van der Waals surface area contributed by atoms with Crippen LogP contribution in [-0.4, -0.2) is 30.3 Å². The molecule has 0 fully saturated rings. The van der Waals surface area contributed by atoms with Crippen molar-refractivity contribution in [2.24, 2.45) is 4.99 Å². The van der Waals surface area contributed by atoms with Crippen LogP contribution in [0.15, 0.2) is 59.7 Å². The first kappa shape index (κ1) is 17.7. The highest BCUT2D eigenvalue weighted by atomic mass is 16.5. The number of aromatic amines is 1. The molecule has 1 heterocycles. The lowest BCUT2D eigenvalue weighted by Gasteiger charge is -2.08. The number of ether oxygens (including phenoxy) is 2. The number of rotatable bonds is 7. The number of aliphatic imine (C=N–C) groups is 1. The number of carbonyl (C=O) groups excluding carboxylic acids is 1. The molecule has 0 aliphatic rings. The number of nitrogens with one attached hydrogen (secondary N) is 1. The first-order valence-electron chi connectivity index (χ1n) is 8.60. The highest BCUT2D eigenvalue weighted by Crippen LogP contribution is 2.25. The van der Waals surface area contributed by atoms with Gasteiger partial charge < -0.3 is 14.5 Å². The second kappa shape index (κ2) is 8.34. The van der Waals surface area contributed by atoms with E-state index in [0.29, 0.717) is 25.3 Å². The summed E-state index contributed by atoms with van der Waals surface area (Å²) in [7, 11) is 1.61. The van der Waals surface area contributed by atoms with Gasteiger partial charge in [0.05, 0.1) is 6.61 Å². The van der Waals surface area contributed by atoms with Crippen molar-refractivity contribution in [2.75, 3.05) is 13.7 Å². The Morgan fingerprint density at radius 1 is 1.15 bits per heavy atom. The third-order valence-electron chi connectivity index (χ3n) is 4.13. The summed E-state index contributed by atoms with van der Waals surface area (Å²) in [5, 5.41) is 1.01. The molecule has 134 valence electrons. The van der Waals surface area contributed by atoms with E-state index >= 15 is 0 Å². The maximum absolute atomic E-state index is 12.0. The molecule has 1 N–H and O–H groups in total. The van der Waals surface area contributed by atoms with Gasteiger partial charge in [0.2, 0.25) is 0 Å². The summed E-state index contributed by atoms with van der Waals surface area (Å²) in [6.07, 6.45) is 2.31. The zero-order valence-corrected chi connectivity index (χ0v) is 15.0. The summed E-state index contributed by atoms with van der Waals surface area (Å²) in [6, 6.07) is 15.9. The molecule has 0 atom stereocenters. The maximum atomic E-state index is 12.0. The second-order valence-electron chi connectivity index (χ2n) is 5.86. The van der Waals surface area contributed by atoms with Crippen LogP contribution in [-0.2, 0) is 22.6 Å². The lowest BCUT2D eigenvalue weighted by atomic mass is 10.1. The topological polar surface area (TPSA) is 63.7 Å². The van der Waals surface area contributed by atoms with E-state index in [0.717, 1.165) is 27.8 Å². The van der Waals surface area contributed by atoms with Crippen LogP contribution in [0.25, 0.3) is 10.9 Å². The van der Waals surface area contributed by atoms with Gasteiger partial charge in [0.25, 0.3) is 0 Å². The fourth-order valence-corrected chi connectivity index (χ4v) is 2.77. The van der Waals surface area contributed by atoms with Gasteiger partial charge in [-0.3, -0.25) is 4.99 Å². The number of nitrogens with zero attached hydrogens (tertiary/aromatic N) is 1. The van der Waals surface area contributed by atoms with Gasteiger partial charge in [0.1, 0.15) is 18.1 Å². The quantitative estimate of drug-likeness (QED) is 0.519. The molecule has 5 nitrogen and oxygen atoms in total. The molecule has 3 aromatic rings. The molecular weight excluding hydrogens is 328 g/mol. The number of carbonyl (C=O) groups is 1. The van der Waals surface area contributed by atoms with Crippen LogP contribution in [0.4, 0.5) is 0 Å². The van der Waals surface area contributed by atoms with Crippen molar-refractivity contribution in [1.29, 1.82) is 0 Å². The third kappa shape index (κ3) is 4.11. The van der Waals surface area contributed by atoms with Gasteiger partial charge in [-0.15, -0.1) is 0 Å². The van der Waals surface area contributed by atoms with E-state index in [9.17, 15) is 4.79 Å². The third-order valence-corrected chi connectivity index (χ3v) is 4.13. The molecule has 0 spiro atoms. The highest BCUT2D eigenvalue weighted by molar-refractivity contribution is 6.37. The van der Waals surface area contributed by atoms with Crippen LogP contribution in [0.3, 0.4) is 0 Å². The Labute approximate surface area is 152 Å². The van der Waals surface area contributed by atoms with E-state index in [1.165, 1.54) is 0 Å². The van der Waals surface area contributed by atoms with Crippen LogP contribution >= 0.6 is 0 Å². The van der Waals surface area contributed by atoms with Crippen LogP contribution in [0.2, 0.25) is 0 Å². The van der Waals surface area contributed by atoms with Crippen molar-refractivity contribution in [3.63, 3.8) is 0 Å². The Morgan fingerprint density at radius 3 is 2.69 bits per heavy atom. The van der Waals surface area contributed by atoms with E-state index in [1.54, 1.807) is 14.0 Å². The second-order valence-corrected chi connectivity index (χ2v) is 5.86. The number of hydrogen-bond donors (Lipinski definition) is 1. The van der Waals surface area contributed by atoms with Crippen molar-refractivity contribution in [3.8, 4) is 5.75 Å². The average Bonchev–Trinajstić information content (AvgIpc) is 3.07. The molecule has 0 aliphatic heterocycles. The first-order valence-corrected chi connectivity index (χ1v) is 8.60. The minimum absolute atomic E-state index is 0.337. The first-order chi connectivity index (χ1) is 12.7. The molecule has 0 saturated heterocycles. The number of benzene rings is 2. The molecule has 2 aromatic carbocycles. The smallest absolute Gasteiger partial charge is 0.352 e. The molecule has 0 radical (unpaired) electrons. The fourth-order valence-electron chi connectivity index (χ4n) is 2.77. The molecule has 0 unspecified atom stereocenters. The van der Waals surface area contributed by atoms with E-state index in [4.69, 9.17) is 9.47 Å². The molecule has 0 aliphatic carbocycles. The predicted octanol–water partition coefficient (Wildman–Crippen LogP) is 3.92. The van der Waals surface area contributed by atoms with Gasteiger partial charge in [-0.1, -0.05) is 30.3 Å². The van der Waals surface area contributed by atoms with Crippen molar-refractivity contribution in [1.82, 2.24) is 4.98 Å². The summed E-state index contributed by atoms with van der Waals surface area (Å²) in [6.45, 7) is 2.63. The van der Waals surface area contributed by atoms with Crippen molar-refractivity contribution < 1.29 is 14.3 Å². The largest absolute Gasteiger partial charge is 0.489 e. The number of esters is 1. The van der Waals surface area contributed by atoms with Crippen LogP contribution in [0.1, 0.15) is 18.1 Å². The normalized spacial score (nSPS) is 11.5. The van der Waals surface area contributed by atoms with E-state index in [1.807, 2.05) is 54.7 Å². The maximum Gasteiger partial charge on any atom is 0.352 e. The number of H-pyrrole nitrogens is 1. The average molecular weight is 350 g/mol. The predicted molar refractivity (Wildman–Crippen MR) is 103 cm³/mol. The standard InChI is InChI=1S/C21H22N2O3/c1-3-25-21(24)20(22-2)11-16-13-23-19-10-9-17(12-18(16)19)26-14-15-7-5-4-6-8-15/h4-10,12-13,23H,3,11,14H2,1-2H3. The lowest BCUT2D eigenvalue weighted by Crippen LogP contribution is -2.19. The molecule has 5 heteroatoms. The number of fused-ring (bicyclic) bond motifs is 1. The van der Waals surface area contributed by atoms with E-state index in [-0.39, 0.29) is 5.97 Å². The van der Waals surface area contributed by atoms with Crippen molar-refractivity contribution in [3.05, 3.63) is 65.9 Å². The van der Waals surface area contributed by atoms with Crippen LogP contribution in [0.5, 0.6) is 5.75 Å². The Bertz CT molecular complexity index is 913.